The fraction of sp³-hybridized carbons (Fsp3) is 0.478. The van der Waals surface area contributed by atoms with Gasteiger partial charge in [-0.3, -0.25) is 4.90 Å². The summed E-state index contributed by atoms with van der Waals surface area (Å²) in [7, 11) is 0. The highest BCUT2D eigenvalue weighted by Gasteiger charge is 2.28. The number of carbonyl (C=O) groups is 1. The van der Waals surface area contributed by atoms with Crippen molar-refractivity contribution < 1.29 is 22.7 Å². The monoisotopic (exact) mass is 450 g/mol. The number of aromatic nitrogens is 1. The first-order valence-corrected chi connectivity index (χ1v) is 10.7. The van der Waals surface area contributed by atoms with Gasteiger partial charge in [-0.05, 0) is 54.6 Å². The molecule has 0 spiro atoms. The number of nitrogens with zero attached hydrogens (tertiary/aromatic N) is 2. The van der Waals surface area contributed by atoms with Crippen molar-refractivity contribution in [2.24, 2.45) is 5.92 Å². The SMILES string of the molecule is CC1CCN(Cc2ccc(CNC(=O)NCc3ccnc(OCC(F)(F)F)c3)cc2)CC1. The van der Waals surface area contributed by atoms with Crippen LogP contribution in [-0.2, 0) is 19.6 Å². The van der Waals surface area contributed by atoms with Crippen LogP contribution in [-0.4, -0.2) is 41.8 Å². The molecule has 1 aromatic carbocycles. The lowest BCUT2D eigenvalue weighted by Gasteiger charge is -2.30. The fourth-order valence-corrected chi connectivity index (χ4v) is 3.46. The predicted molar refractivity (Wildman–Crippen MR) is 115 cm³/mol. The van der Waals surface area contributed by atoms with Crippen LogP contribution in [0.2, 0.25) is 0 Å². The van der Waals surface area contributed by atoms with Gasteiger partial charge < -0.3 is 15.4 Å². The van der Waals surface area contributed by atoms with E-state index in [1.165, 1.54) is 30.7 Å². The van der Waals surface area contributed by atoms with Crippen molar-refractivity contribution in [3.05, 3.63) is 59.3 Å². The first kappa shape index (κ1) is 23.8. The van der Waals surface area contributed by atoms with E-state index in [4.69, 9.17) is 0 Å². The number of halogens is 3. The molecule has 1 saturated heterocycles. The summed E-state index contributed by atoms with van der Waals surface area (Å²) < 4.78 is 41.3. The topological polar surface area (TPSA) is 66.5 Å². The number of hydrogen-bond acceptors (Lipinski definition) is 4. The van der Waals surface area contributed by atoms with Gasteiger partial charge in [-0.15, -0.1) is 0 Å². The van der Waals surface area contributed by atoms with Gasteiger partial charge in [-0.25, -0.2) is 9.78 Å². The molecule has 0 aliphatic carbocycles. The molecule has 174 valence electrons. The zero-order valence-corrected chi connectivity index (χ0v) is 18.1. The predicted octanol–water partition coefficient (Wildman–Crippen LogP) is 4.25. The molecule has 0 radical (unpaired) electrons. The minimum Gasteiger partial charge on any atom is -0.468 e. The Hall–Kier alpha value is -2.81. The van der Waals surface area contributed by atoms with E-state index in [2.05, 4.69) is 44.3 Å². The molecular weight excluding hydrogens is 421 g/mol. The van der Waals surface area contributed by atoms with Gasteiger partial charge in [0.2, 0.25) is 5.88 Å². The number of nitrogens with one attached hydrogen (secondary N) is 2. The Morgan fingerprint density at radius 3 is 2.34 bits per heavy atom. The minimum absolute atomic E-state index is 0.138. The molecule has 0 saturated carbocycles. The van der Waals surface area contributed by atoms with Gasteiger partial charge in [0.25, 0.3) is 0 Å². The molecular formula is C23H29F3N4O2. The van der Waals surface area contributed by atoms with Crippen molar-refractivity contribution in [2.75, 3.05) is 19.7 Å². The second kappa shape index (κ2) is 11.2. The zero-order chi connectivity index (χ0) is 23.0. The van der Waals surface area contributed by atoms with Crippen LogP contribution in [0.1, 0.15) is 36.5 Å². The molecule has 2 heterocycles. The number of ether oxygens (including phenoxy) is 1. The van der Waals surface area contributed by atoms with Crippen molar-refractivity contribution in [3.63, 3.8) is 0 Å². The summed E-state index contributed by atoms with van der Waals surface area (Å²) in [6, 6.07) is 10.8. The summed E-state index contributed by atoms with van der Waals surface area (Å²) >= 11 is 0. The van der Waals surface area contributed by atoms with Crippen LogP contribution in [0, 0.1) is 5.92 Å². The highest BCUT2D eigenvalue weighted by Crippen LogP contribution is 2.19. The van der Waals surface area contributed by atoms with Gasteiger partial charge in [-0.1, -0.05) is 31.2 Å². The van der Waals surface area contributed by atoms with E-state index in [9.17, 15) is 18.0 Å². The maximum Gasteiger partial charge on any atom is 0.422 e. The Labute approximate surface area is 186 Å². The van der Waals surface area contributed by atoms with Crippen molar-refractivity contribution >= 4 is 6.03 Å². The quantitative estimate of drug-likeness (QED) is 0.631. The van der Waals surface area contributed by atoms with E-state index in [1.807, 2.05) is 12.1 Å². The average molecular weight is 451 g/mol. The van der Waals surface area contributed by atoms with Crippen LogP contribution in [0.3, 0.4) is 0 Å². The number of benzene rings is 1. The zero-order valence-electron chi connectivity index (χ0n) is 18.1. The molecule has 0 unspecified atom stereocenters. The van der Waals surface area contributed by atoms with E-state index in [-0.39, 0.29) is 18.5 Å². The van der Waals surface area contributed by atoms with Gasteiger partial charge in [0, 0.05) is 31.9 Å². The summed E-state index contributed by atoms with van der Waals surface area (Å²) in [5.41, 5.74) is 2.83. The van der Waals surface area contributed by atoms with E-state index in [1.54, 1.807) is 6.07 Å². The Morgan fingerprint density at radius 1 is 1.06 bits per heavy atom. The van der Waals surface area contributed by atoms with E-state index in [0.717, 1.165) is 31.1 Å². The van der Waals surface area contributed by atoms with Crippen LogP contribution in [0.4, 0.5) is 18.0 Å². The largest absolute Gasteiger partial charge is 0.468 e. The maximum atomic E-state index is 12.2. The average Bonchev–Trinajstić information content (AvgIpc) is 2.77. The van der Waals surface area contributed by atoms with Crippen LogP contribution in [0.5, 0.6) is 5.88 Å². The number of urea groups is 1. The molecule has 2 N–H and O–H groups in total. The van der Waals surface area contributed by atoms with Crippen molar-refractivity contribution in [3.8, 4) is 5.88 Å². The number of hydrogen-bond donors (Lipinski definition) is 2. The van der Waals surface area contributed by atoms with Gasteiger partial charge in [0.15, 0.2) is 6.61 Å². The van der Waals surface area contributed by atoms with Crippen molar-refractivity contribution in [2.45, 2.75) is 45.6 Å². The van der Waals surface area contributed by atoms with Crippen molar-refractivity contribution in [1.82, 2.24) is 20.5 Å². The third-order valence-corrected chi connectivity index (χ3v) is 5.39. The molecule has 2 amide bonds. The van der Waals surface area contributed by atoms with E-state index < -0.39 is 12.8 Å². The number of carbonyl (C=O) groups excluding carboxylic acids is 1. The van der Waals surface area contributed by atoms with Crippen LogP contribution in [0.25, 0.3) is 0 Å². The van der Waals surface area contributed by atoms with Crippen LogP contribution < -0.4 is 15.4 Å². The normalized spacial score (nSPS) is 15.4. The lowest BCUT2D eigenvalue weighted by molar-refractivity contribution is -0.154. The van der Waals surface area contributed by atoms with E-state index >= 15 is 0 Å². The fourth-order valence-electron chi connectivity index (χ4n) is 3.46. The number of amides is 2. The molecule has 1 aliphatic rings. The summed E-state index contributed by atoms with van der Waals surface area (Å²) in [6.45, 7) is 4.63. The molecule has 1 aliphatic heterocycles. The Morgan fingerprint density at radius 2 is 1.69 bits per heavy atom. The second-order valence-electron chi connectivity index (χ2n) is 8.22. The lowest BCUT2D eigenvalue weighted by Crippen LogP contribution is -2.34. The maximum absolute atomic E-state index is 12.2. The van der Waals surface area contributed by atoms with Crippen molar-refractivity contribution in [1.29, 1.82) is 0 Å². The number of alkyl halides is 3. The highest BCUT2D eigenvalue weighted by atomic mass is 19.4. The third-order valence-electron chi connectivity index (χ3n) is 5.39. The molecule has 2 aromatic rings. The Balaban J connectivity index is 1.38. The molecule has 6 nitrogen and oxygen atoms in total. The van der Waals surface area contributed by atoms with Gasteiger partial charge in [0.1, 0.15) is 0 Å². The summed E-state index contributed by atoms with van der Waals surface area (Å²) in [5, 5.41) is 5.45. The van der Waals surface area contributed by atoms with Crippen LogP contribution >= 0.6 is 0 Å². The first-order valence-electron chi connectivity index (χ1n) is 10.7. The third kappa shape index (κ3) is 8.37. The first-order chi connectivity index (χ1) is 15.3. The lowest BCUT2D eigenvalue weighted by atomic mass is 9.99. The second-order valence-corrected chi connectivity index (χ2v) is 8.22. The molecule has 9 heteroatoms. The van der Waals surface area contributed by atoms with Gasteiger partial charge in [-0.2, -0.15) is 13.2 Å². The van der Waals surface area contributed by atoms with Gasteiger partial charge >= 0.3 is 12.2 Å². The van der Waals surface area contributed by atoms with Gasteiger partial charge in [0.05, 0.1) is 0 Å². The number of pyridine rings is 1. The molecule has 32 heavy (non-hydrogen) atoms. The highest BCUT2D eigenvalue weighted by molar-refractivity contribution is 5.73. The van der Waals surface area contributed by atoms with E-state index in [0.29, 0.717) is 12.1 Å². The summed E-state index contributed by atoms with van der Waals surface area (Å²) in [6.07, 6.45) is -0.593. The molecule has 1 fully saturated rings. The molecule has 0 atom stereocenters. The smallest absolute Gasteiger partial charge is 0.422 e. The Bertz CT molecular complexity index is 866. The summed E-state index contributed by atoms with van der Waals surface area (Å²) in [5.74, 6) is 0.676. The number of likely N-dealkylation sites (tertiary alicyclic amines) is 1. The summed E-state index contributed by atoms with van der Waals surface area (Å²) in [4.78, 5) is 18.3. The molecule has 3 rings (SSSR count). The molecule has 1 aromatic heterocycles. The standard InChI is InChI=1S/C23H29F3N4O2/c1-17-7-10-30(11-8-17)15-19-4-2-18(3-5-19)13-28-22(31)29-14-20-6-9-27-21(12-20)32-16-23(24,25)26/h2-6,9,12,17H,7-8,10-11,13-16H2,1H3,(H2,28,29,31). The van der Waals surface area contributed by atoms with Crippen LogP contribution in [0.15, 0.2) is 42.6 Å². The molecule has 0 bridgehead atoms. The Kier molecular flexibility index (Phi) is 8.33. The number of piperidine rings is 1. The minimum atomic E-state index is -4.43. The number of rotatable bonds is 8.